The zero-order chi connectivity index (χ0) is 8.69. The van der Waals surface area contributed by atoms with Crippen LogP contribution in [0.5, 0.6) is 0 Å². The Balaban J connectivity index is 3.17. The normalized spacial score (nSPS) is 12.9. The number of aliphatic hydroxyl groups is 1. The van der Waals surface area contributed by atoms with Crippen LogP contribution in [0.15, 0.2) is 0 Å². The van der Waals surface area contributed by atoms with Crippen molar-refractivity contribution in [3.63, 3.8) is 0 Å². The highest BCUT2D eigenvalue weighted by molar-refractivity contribution is 5.71. The van der Waals surface area contributed by atoms with E-state index in [1.165, 1.54) is 0 Å². The van der Waals surface area contributed by atoms with Crippen LogP contribution in [-0.4, -0.2) is 28.8 Å². The average Bonchev–Trinajstić information content (AvgIpc) is 1.97. The van der Waals surface area contributed by atoms with Crippen molar-refractivity contribution >= 4 is 5.97 Å². The zero-order valence-electron chi connectivity index (χ0n) is 6.49. The molecule has 0 aliphatic heterocycles. The fourth-order valence-corrected chi connectivity index (χ4v) is 0.782. The number of aliphatic hydroxyl groups excluding tert-OH is 1. The molecule has 0 saturated heterocycles. The van der Waals surface area contributed by atoms with Crippen molar-refractivity contribution < 1.29 is 15.0 Å². The van der Waals surface area contributed by atoms with Gasteiger partial charge in [-0.25, -0.2) is 4.79 Å². The molecule has 4 nitrogen and oxygen atoms in total. The third kappa shape index (κ3) is 5.82. The second-order valence-electron chi connectivity index (χ2n) is 2.49. The molecule has 0 bridgehead atoms. The highest BCUT2D eigenvalue weighted by Crippen LogP contribution is 2.02. The summed E-state index contributed by atoms with van der Waals surface area (Å²) >= 11 is 0. The lowest BCUT2D eigenvalue weighted by Crippen LogP contribution is -2.18. The molecular weight excluding hydrogens is 146 g/mol. The molecule has 0 heterocycles. The van der Waals surface area contributed by atoms with Gasteiger partial charge in [0.2, 0.25) is 0 Å². The molecule has 0 amide bonds. The molecule has 0 aliphatic carbocycles. The van der Waals surface area contributed by atoms with Crippen LogP contribution in [0.4, 0.5) is 0 Å². The van der Waals surface area contributed by atoms with Crippen molar-refractivity contribution in [2.45, 2.75) is 31.8 Å². The second kappa shape index (κ2) is 6.12. The highest BCUT2D eigenvalue weighted by atomic mass is 16.4. The van der Waals surface area contributed by atoms with Crippen molar-refractivity contribution in [2.75, 3.05) is 6.54 Å². The Morgan fingerprint density at radius 1 is 1.36 bits per heavy atom. The molecule has 0 aromatic heterocycles. The molecule has 0 spiro atoms. The van der Waals surface area contributed by atoms with E-state index in [0.717, 1.165) is 19.3 Å². The van der Waals surface area contributed by atoms with Crippen molar-refractivity contribution in [3.8, 4) is 0 Å². The highest BCUT2D eigenvalue weighted by Gasteiger charge is 2.11. The summed E-state index contributed by atoms with van der Waals surface area (Å²) in [5.74, 6) is -1.14. The summed E-state index contributed by atoms with van der Waals surface area (Å²) in [6.45, 7) is 0.628. The van der Waals surface area contributed by atoms with Gasteiger partial charge in [-0.05, 0) is 19.4 Å². The van der Waals surface area contributed by atoms with Gasteiger partial charge in [-0.2, -0.15) is 0 Å². The van der Waals surface area contributed by atoms with E-state index in [-0.39, 0.29) is 0 Å². The maximum Gasteiger partial charge on any atom is 0.332 e. The molecule has 1 atom stereocenters. The molecule has 4 heteroatoms. The Morgan fingerprint density at radius 2 is 2.00 bits per heavy atom. The van der Waals surface area contributed by atoms with Gasteiger partial charge in [0, 0.05) is 0 Å². The molecular formula is C7H15NO3. The lowest BCUT2D eigenvalue weighted by Gasteiger charge is -2.03. The SMILES string of the molecule is NCCCCCC(O)C(=O)O. The minimum absolute atomic E-state index is 0.329. The summed E-state index contributed by atoms with van der Waals surface area (Å²) in [5.41, 5.74) is 5.23. The Labute approximate surface area is 66.0 Å². The summed E-state index contributed by atoms with van der Waals surface area (Å²) in [6, 6.07) is 0. The fraction of sp³-hybridized carbons (Fsp3) is 0.857. The maximum absolute atomic E-state index is 10.1. The van der Waals surface area contributed by atoms with Crippen LogP contribution in [0.2, 0.25) is 0 Å². The van der Waals surface area contributed by atoms with Gasteiger partial charge in [0.05, 0.1) is 0 Å². The van der Waals surface area contributed by atoms with Crippen LogP contribution in [0.3, 0.4) is 0 Å². The fourth-order valence-electron chi connectivity index (χ4n) is 0.782. The van der Waals surface area contributed by atoms with Crippen LogP contribution in [0, 0.1) is 0 Å². The summed E-state index contributed by atoms with van der Waals surface area (Å²) < 4.78 is 0. The third-order valence-corrected chi connectivity index (χ3v) is 1.47. The van der Waals surface area contributed by atoms with E-state index in [0.29, 0.717) is 13.0 Å². The van der Waals surface area contributed by atoms with E-state index in [9.17, 15) is 4.79 Å². The summed E-state index contributed by atoms with van der Waals surface area (Å²) in [7, 11) is 0. The first-order chi connectivity index (χ1) is 5.18. The number of nitrogens with two attached hydrogens (primary N) is 1. The zero-order valence-corrected chi connectivity index (χ0v) is 6.49. The first-order valence-electron chi connectivity index (χ1n) is 3.79. The molecule has 11 heavy (non-hydrogen) atoms. The molecule has 66 valence electrons. The minimum atomic E-state index is -1.20. The van der Waals surface area contributed by atoms with Gasteiger partial charge < -0.3 is 15.9 Å². The number of aliphatic carboxylic acids is 1. The predicted molar refractivity (Wildman–Crippen MR) is 41.2 cm³/mol. The van der Waals surface area contributed by atoms with Crippen molar-refractivity contribution in [1.82, 2.24) is 0 Å². The average molecular weight is 161 g/mol. The van der Waals surface area contributed by atoms with Crippen molar-refractivity contribution in [3.05, 3.63) is 0 Å². The Kier molecular flexibility index (Phi) is 5.78. The van der Waals surface area contributed by atoms with E-state index in [1.807, 2.05) is 0 Å². The van der Waals surface area contributed by atoms with Crippen molar-refractivity contribution in [1.29, 1.82) is 0 Å². The Hall–Kier alpha value is -0.610. The quantitative estimate of drug-likeness (QED) is 0.477. The van der Waals surface area contributed by atoms with Gasteiger partial charge in [0.1, 0.15) is 0 Å². The molecule has 4 N–H and O–H groups in total. The molecule has 0 radical (unpaired) electrons. The Bertz CT molecular complexity index is 116. The second-order valence-corrected chi connectivity index (χ2v) is 2.49. The Morgan fingerprint density at radius 3 is 2.45 bits per heavy atom. The largest absolute Gasteiger partial charge is 0.479 e. The lowest BCUT2D eigenvalue weighted by molar-refractivity contribution is -0.146. The minimum Gasteiger partial charge on any atom is -0.479 e. The van der Waals surface area contributed by atoms with Crippen LogP contribution in [-0.2, 0) is 4.79 Å². The van der Waals surface area contributed by atoms with Crippen LogP contribution in [0.1, 0.15) is 25.7 Å². The monoisotopic (exact) mass is 161 g/mol. The molecule has 0 rings (SSSR count). The molecule has 0 aromatic rings. The molecule has 0 aliphatic rings. The van der Waals surface area contributed by atoms with Crippen LogP contribution < -0.4 is 5.73 Å². The van der Waals surface area contributed by atoms with Gasteiger partial charge in [-0.1, -0.05) is 12.8 Å². The number of hydrogen-bond donors (Lipinski definition) is 3. The number of carbonyl (C=O) groups is 1. The molecule has 1 unspecified atom stereocenters. The number of unbranched alkanes of at least 4 members (excludes halogenated alkanes) is 2. The maximum atomic E-state index is 10.1. The number of rotatable bonds is 6. The smallest absolute Gasteiger partial charge is 0.332 e. The van der Waals surface area contributed by atoms with Gasteiger partial charge in [-0.15, -0.1) is 0 Å². The van der Waals surface area contributed by atoms with E-state index >= 15 is 0 Å². The topological polar surface area (TPSA) is 83.5 Å². The van der Waals surface area contributed by atoms with Crippen LogP contribution >= 0.6 is 0 Å². The van der Waals surface area contributed by atoms with E-state index in [4.69, 9.17) is 15.9 Å². The first kappa shape index (κ1) is 10.4. The number of carboxylic acids is 1. The van der Waals surface area contributed by atoms with Gasteiger partial charge in [0.25, 0.3) is 0 Å². The number of carboxylic acid groups (broad SMARTS) is 1. The van der Waals surface area contributed by atoms with Crippen LogP contribution in [0.25, 0.3) is 0 Å². The van der Waals surface area contributed by atoms with E-state index < -0.39 is 12.1 Å². The summed E-state index contributed by atoms with van der Waals surface area (Å²) in [5, 5.41) is 17.1. The molecule has 0 saturated carbocycles. The van der Waals surface area contributed by atoms with E-state index in [2.05, 4.69) is 0 Å². The predicted octanol–water partition coefficient (Wildman–Crippen LogP) is -0.0490. The number of hydrogen-bond acceptors (Lipinski definition) is 3. The standard InChI is InChI=1S/C7H15NO3/c8-5-3-1-2-4-6(9)7(10)11/h6,9H,1-5,8H2,(H,10,11). The van der Waals surface area contributed by atoms with E-state index in [1.54, 1.807) is 0 Å². The van der Waals surface area contributed by atoms with Crippen molar-refractivity contribution in [2.24, 2.45) is 5.73 Å². The summed E-state index contributed by atoms with van der Waals surface area (Å²) in [4.78, 5) is 10.1. The first-order valence-corrected chi connectivity index (χ1v) is 3.79. The lowest BCUT2D eigenvalue weighted by atomic mass is 10.1. The van der Waals surface area contributed by atoms with Gasteiger partial charge in [-0.3, -0.25) is 0 Å². The molecule has 0 fully saturated rings. The third-order valence-electron chi connectivity index (χ3n) is 1.47. The van der Waals surface area contributed by atoms with Gasteiger partial charge >= 0.3 is 5.97 Å². The summed E-state index contributed by atoms with van der Waals surface area (Å²) in [6.07, 6.45) is 1.64. The van der Waals surface area contributed by atoms with Gasteiger partial charge in [0.15, 0.2) is 6.10 Å². The molecule has 0 aromatic carbocycles.